The van der Waals surface area contributed by atoms with Crippen molar-refractivity contribution in [1.29, 1.82) is 0 Å². The molecule has 0 fully saturated rings. The second-order valence-electron chi connectivity index (χ2n) is 4.74. The largest absolute Gasteiger partial charge is 0.322 e. The Kier molecular flexibility index (Phi) is 4.55. The topological polar surface area (TPSA) is 54.9 Å². The van der Waals surface area contributed by atoms with Crippen molar-refractivity contribution in [1.82, 2.24) is 9.97 Å². The zero-order chi connectivity index (χ0) is 16.2. The molecule has 3 aromatic rings. The van der Waals surface area contributed by atoms with Crippen LogP contribution < -0.4 is 5.32 Å². The second kappa shape index (κ2) is 6.77. The molecule has 0 atom stereocenters. The minimum absolute atomic E-state index is 0.293. The van der Waals surface area contributed by atoms with Crippen molar-refractivity contribution in [3.05, 3.63) is 70.5 Å². The van der Waals surface area contributed by atoms with Crippen LogP contribution in [0.25, 0.3) is 17.1 Å². The van der Waals surface area contributed by atoms with E-state index in [0.717, 1.165) is 11.0 Å². The maximum Gasteiger partial charge on any atom is 0.248 e. The van der Waals surface area contributed by atoms with Gasteiger partial charge in [-0.25, -0.2) is 4.98 Å². The van der Waals surface area contributed by atoms with Gasteiger partial charge in [0.1, 0.15) is 0 Å². The van der Waals surface area contributed by atoms with Gasteiger partial charge in [0.15, 0.2) is 0 Å². The third kappa shape index (κ3) is 3.86. The van der Waals surface area contributed by atoms with Gasteiger partial charge in [0, 0.05) is 11.8 Å². The lowest BCUT2D eigenvalue weighted by atomic mass is 10.3. The number of anilines is 1. The van der Waals surface area contributed by atoms with Crippen LogP contribution in [0.3, 0.4) is 0 Å². The Balaban J connectivity index is 1.72. The molecule has 114 valence electrons. The number of fused-ring (bicyclic) bond motifs is 1. The quantitative estimate of drug-likeness (QED) is 0.707. The maximum atomic E-state index is 11.9. The third-order valence-electron chi connectivity index (χ3n) is 3.06. The molecule has 0 unspecified atom stereocenters. The van der Waals surface area contributed by atoms with E-state index in [1.807, 2.05) is 24.3 Å². The number of carbonyl (C=O) groups is 1. The molecule has 3 rings (SSSR count). The molecule has 1 amide bonds. The summed E-state index contributed by atoms with van der Waals surface area (Å²) < 4.78 is 0. The number of nitrogens with one attached hydrogen (secondary N) is 1. The highest BCUT2D eigenvalue weighted by atomic mass is 35.5. The van der Waals surface area contributed by atoms with E-state index < -0.39 is 0 Å². The Morgan fingerprint density at radius 2 is 1.83 bits per heavy atom. The van der Waals surface area contributed by atoms with Gasteiger partial charge in [-0.3, -0.25) is 9.78 Å². The van der Waals surface area contributed by atoms with Crippen molar-refractivity contribution < 1.29 is 4.79 Å². The van der Waals surface area contributed by atoms with Crippen LogP contribution in [0.15, 0.2) is 54.7 Å². The summed E-state index contributed by atoms with van der Waals surface area (Å²) in [6.45, 7) is 0. The number of benzene rings is 2. The van der Waals surface area contributed by atoms with E-state index >= 15 is 0 Å². The van der Waals surface area contributed by atoms with Crippen molar-refractivity contribution in [2.45, 2.75) is 0 Å². The molecule has 0 saturated heterocycles. The number of para-hydroxylation sites is 2. The number of hydrogen-bond acceptors (Lipinski definition) is 3. The molecule has 2 aromatic carbocycles. The molecule has 0 spiro atoms. The summed E-state index contributed by atoms with van der Waals surface area (Å²) in [5.41, 5.74) is 2.76. The molecule has 6 heteroatoms. The molecule has 0 aliphatic heterocycles. The monoisotopic (exact) mass is 343 g/mol. The summed E-state index contributed by atoms with van der Waals surface area (Å²) >= 11 is 11.7. The molecule has 0 radical (unpaired) electrons. The van der Waals surface area contributed by atoms with E-state index in [2.05, 4.69) is 15.3 Å². The van der Waals surface area contributed by atoms with Crippen LogP contribution in [0.4, 0.5) is 5.69 Å². The minimum atomic E-state index is -0.293. The lowest BCUT2D eigenvalue weighted by Crippen LogP contribution is -2.07. The van der Waals surface area contributed by atoms with Gasteiger partial charge in [0.25, 0.3) is 0 Å². The van der Waals surface area contributed by atoms with Gasteiger partial charge in [0.05, 0.1) is 33.0 Å². The first-order valence-corrected chi connectivity index (χ1v) is 7.53. The zero-order valence-corrected chi connectivity index (χ0v) is 13.3. The average Bonchev–Trinajstić information content (AvgIpc) is 2.56. The fraction of sp³-hybridized carbons (Fsp3) is 0. The highest BCUT2D eigenvalue weighted by molar-refractivity contribution is 6.42. The fourth-order valence-electron chi connectivity index (χ4n) is 1.97. The predicted molar refractivity (Wildman–Crippen MR) is 93.7 cm³/mol. The number of hydrogen-bond donors (Lipinski definition) is 1. The van der Waals surface area contributed by atoms with E-state index in [-0.39, 0.29) is 5.91 Å². The molecule has 0 aliphatic carbocycles. The number of aromatic nitrogens is 2. The predicted octanol–water partition coefficient (Wildman–Crippen LogP) is 4.59. The normalized spacial score (nSPS) is 11.0. The van der Waals surface area contributed by atoms with Gasteiger partial charge in [-0.1, -0.05) is 35.3 Å². The highest BCUT2D eigenvalue weighted by Gasteiger charge is 2.02. The Morgan fingerprint density at radius 3 is 2.61 bits per heavy atom. The van der Waals surface area contributed by atoms with Gasteiger partial charge in [-0.05, 0) is 36.4 Å². The average molecular weight is 344 g/mol. The van der Waals surface area contributed by atoms with Crippen molar-refractivity contribution in [2.75, 3.05) is 5.32 Å². The summed E-state index contributed by atoms with van der Waals surface area (Å²) in [6, 6.07) is 12.4. The first-order chi connectivity index (χ1) is 11.1. The standard InChI is InChI=1S/C17H11Cl2N3O/c18-13-7-5-11(9-14(13)19)22-17(23)8-6-12-10-20-15-3-1-2-4-16(15)21-12/h1-10H,(H,22,23)/b8-6+. The third-order valence-corrected chi connectivity index (χ3v) is 3.80. The molecular formula is C17H11Cl2N3O. The lowest BCUT2D eigenvalue weighted by molar-refractivity contribution is -0.111. The number of amides is 1. The van der Waals surface area contributed by atoms with Crippen molar-refractivity contribution in [3.63, 3.8) is 0 Å². The number of rotatable bonds is 3. The molecule has 0 saturated carbocycles. The Morgan fingerprint density at radius 1 is 1.04 bits per heavy atom. The fourth-order valence-corrected chi connectivity index (χ4v) is 2.27. The van der Waals surface area contributed by atoms with Crippen LogP contribution >= 0.6 is 23.2 Å². The SMILES string of the molecule is O=C(/C=C/c1cnc2ccccc2n1)Nc1ccc(Cl)c(Cl)c1. The van der Waals surface area contributed by atoms with Gasteiger partial charge in [-0.15, -0.1) is 0 Å². The van der Waals surface area contributed by atoms with E-state index in [1.165, 1.54) is 6.08 Å². The van der Waals surface area contributed by atoms with Gasteiger partial charge < -0.3 is 5.32 Å². The molecule has 1 heterocycles. The summed E-state index contributed by atoms with van der Waals surface area (Å²) in [4.78, 5) is 20.6. The molecule has 4 nitrogen and oxygen atoms in total. The van der Waals surface area contributed by atoms with Gasteiger partial charge in [-0.2, -0.15) is 0 Å². The van der Waals surface area contributed by atoms with Crippen molar-refractivity contribution >= 4 is 51.9 Å². The Hall–Kier alpha value is -2.43. The van der Waals surface area contributed by atoms with Crippen LogP contribution in [0.5, 0.6) is 0 Å². The maximum absolute atomic E-state index is 11.9. The minimum Gasteiger partial charge on any atom is -0.322 e. The zero-order valence-electron chi connectivity index (χ0n) is 11.8. The number of carbonyl (C=O) groups excluding carboxylic acids is 1. The molecule has 0 bridgehead atoms. The van der Waals surface area contributed by atoms with Crippen molar-refractivity contribution in [2.24, 2.45) is 0 Å². The van der Waals surface area contributed by atoms with E-state index in [9.17, 15) is 4.79 Å². The van der Waals surface area contributed by atoms with Crippen LogP contribution in [0, 0.1) is 0 Å². The lowest BCUT2D eigenvalue weighted by Gasteiger charge is -2.03. The van der Waals surface area contributed by atoms with Crippen LogP contribution in [-0.4, -0.2) is 15.9 Å². The van der Waals surface area contributed by atoms with Crippen molar-refractivity contribution in [3.8, 4) is 0 Å². The Labute approximate surface area is 142 Å². The second-order valence-corrected chi connectivity index (χ2v) is 5.55. The van der Waals surface area contributed by atoms with Crippen LogP contribution in [-0.2, 0) is 4.79 Å². The van der Waals surface area contributed by atoms with E-state index in [1.54, 1.807) is 30.5 Å². The summed E-state index contributed by atoms with van der Waals surface area (Å²) in [7, 11) is 0. The first kappa shape index (κ1) is 15.5. The summed E-state index contributed by atoms with van der Waals surface area (Å²) in [6.07, 6.45) is 4.61. The van der Waals surface area contributed by atoms with Gasteiger partial charge in [0.2, 0.25) is 5.91 Å². The molecular weight excluding hydrogens is 333 g/mol. The van der Waals surface area contributed by atoms with Gasteiger partial charge >= 0.3 is 0 Å². The van der Waals surface area contributed by atoms with Crippen LogP contribution in [0.1, 0.15) is 5.69 Å². The van der Waals surface area contributed by atoms with E-state index in [4.69, 9.17) is 23.2 Å². The number of nitrogens with zero attached hydrogens (tertiary/aromatic N) is 2. The Bertz CT molecular complexity index is 909. The smallest absolute Gasteiger partial charge is 0.248 e. The summed E-state index contributed by atoms with van der Waals surface area (Å²) in [5.74, 6) is -0.293. The molecule has 1 aromatic heterocycles. The highest BCUT2D eigenvalue weighted by Crippen LogP contribution is 2.24. The van der Waals surface area contributed by atoms with Crippen LogP contribution in [0.2, 0.25) is 10.0 Å². The summed E-state index contributed by atoms with van der Waals surface area (Å²) in [5, 5.41) is 3.52. The van der Waals surface area contributed by atoms with E-state index in [0.29, 0.717) is 21.4 Å². The molecule has 23 heavy (non-hydrogen) atoms. The molecule has 0 aliphatic rings. The molecule has 1 N–H and O–H groups in total. The first-order valence-electron chi connectivity index (χ1n) is 6.78. The number of halogens is 2.